The summed E-state index contributed by atoms with van der Waals surface area (Å²) < 4.78 is 13.5. The lowest BCUT2D eigenvalue weighted by Crippen LogP contribution is -2.14. The first kappa shape index (κ1) is 12.5. The van der Waals surface area contributed by atoms with Gasteiger partial charge in [-0.2, -0.15) is 0 Å². The second-order valence-electron chi connectivity index (χ2n) is 3.80. The van der Waals surface area contributed by atoms with Crippen molar-refractivity contribution in [3.8, 4) is 0 Å². The van der Waals surface area contributed by atoms with Crippen LogP contribution in [-0.4, -0.2) is 10.9 Å². The van der Waals surface area contributed by atoms with Crippen molar-refractivity contribution in [2.75, 3.05) is 5.32 Å². The molecule has 0 spiro atoms. The third kappa shape index (κ3) is 2.84. The molecule has 1 amide bonds. The number of carbonyl (C=O) groups is 1. The first-order valence-corrected chi connectivity index (χ1v) is 5.63. The molecular weight excluding hydrogens is 255 g/mol. The Morgan fingerprint density at radius 1 is 1.33 bits per heavy atom. The van der Waals surface area contributed by atoms with E-state index < -0.39 is 11.7 Å². The van der Waals surface area contributed by atoms with Crippen molar-refractivity contribution < 1.29 is 9.18 Å². The molecule has 0 radical (unpaired) electrons. The smallest absolute Gasteiger partial charge is 0.259 e. The Morgan fingerprint density at radius 2 is 2.11 bits per heavy atom. The van der Waals surface area contributed by atoms with Crippen LogP contribution in [0, 0.1) is 12.7 Å². The number of anilines is 1. The fourth-order valence-electron chi connectivity index (χ4n) is 1.45. The topological polar surface area (TPSA) is 42.0 Å². The molecule has 0 saturated carbocycles. The lowest BCUT2D eigenvalue weighted by molar-refractivity contribution is 0.102. The second kappa shape index (κ2) is 5.14. The van der Waals surface area contributed by atoms with Gasteiger partial charge in [0.15, 0.2) is 0 Å². The zero-order chi connectivity index (χ0) is 13.1. The predicted molar refractivity (Wildman–Crippen MR) is 68.3 cm³/mol. The number of benzene rings is 1. The van der Waals surface area contributed by atoms with Crippen molar-refractivity contribution >= 4 is 23.3 Å². The minimum Gasteiger partial charge on any atom is -0.306 e. The molecular formula is C13H10ClFN2O. The van der Waals surface area contributed by atoms with Gasteiger partial charge in [-0.3, -0.25) is 4.79 Å². The van der Waals surface area contributed by atoms with Gasteiger partial charge in [0.05, 0.1) is 10.6 Å². The fraction of sp³-hybridized carbons (Fsp3) is 0.0769. The SMILES string of the molecule is Cc1ccc(F)c(C(=O)Nc2ccc(Cl)cn2)c1. The van der Waals surface area contributed by atoms with Gasteiger partial charge in [-0.25, -0.2) is 9.37 Å². The lowest BCUT2D eigenvalue weighted by atomic mass is 10.1. The van der Waals surface area contributed by atoms with Crippen LogP contribution in [0.2, 0.25) is 5.02 Å². The maximum Gasteiger partial charge on any atom is 0.259 e. The summed E-state index contributed by atoms with van der Waals surface area (Å²) in [5.41, 5.74) is 0.803. The number of nitrogens with one attached hydrogen (secondary N) is 1. The number of rotatable bonds is 2. The molecule has 0 saturated heterocycles. The van der Waals surface area contributed by atoms with Gasteiger partial charge in [0.1, 0.15) is 11.6 Å². The first-order valence-electron chi connectivity index (χ1n) is 5.25. The van der Waals surface area contributed by atoms with E-state index in [0.29, 0.717) is 10.8 Å². The van der Waals surface area contributed by atoms with Crippen LogP contribution in [0.5, 0.6) is 0 Å². The quantitative estimate of drug-likeness (QED) is 0.903. The average molecular weight is 265 g/mol. The summed E-state index contributed by atoms with van der Waals surface area (Å²) in [6.07, 6.45) is 1.41. The highest BCUT2D eigenvalue weighted by Gasteiger charge is 2.12. The van der Waals surface area contributed by atoms with Crippen LogP contribution in [0.1, 0.15) is 15.9 Å². The van der Waals surface area contributed by atoms with E-state index in [1.807, 2.05) is 0 Å². The van der Waals surface area contributed by atoms with Crippen LogP contribution < -0.4 is 5.32 Å². The number of carbonyl (C=O) groups excluding carboxylic acids is 1. The van der Waals surface area contributed by atoms with Gasteiger partial charge in [0.25, 0.3) is 5.91 Å². The molecule has 1 heterocycles. The maximum atomic E-state index is 13.5. The molecule has 0 bridgehead atoms. The molecule has 0 aliphatic carbocycles. The highest BCUT2D eigenvalue weighted by atomic mass is 35.5. The van der Waals surface area contributed by atoms with Crippen LogP contribution in [0.3, 0.4) is 0 Å². The number of amides is 1. The largest absolute Gasteiger partial charge is 0.306 e. The van der Waals surface area contributed by atoms with Crippen LogP contribution in [0.25, 0.3) is 0 Å². The van der Waals surface area contributed by atoms with Gasteiger partial charge in [0, 0.05) is 6.20 Å². The molecule has 18 heavy (non-hydrogen) atoms. The molecule has 0 unspecified atom stereocenters. The molecule has 92 valence electrons. The maximum absolute atomic E-state index is 13.5. The minimum absolute atomic E-state index is 0.00764. The zero-order valence-electron chi connectivity index (χ0n) is 9.58. The lowest BCUT2D eigenvalue weighted by Gasteiger charge is -2.06. The number of halogens is 2. The molecule has 1 aromatic heterocycles. The van der Waals surface area contributed by atoms with E-state index in [0.717, 1.165) is 5.56 Å². The molecule has 1 N–H and O–H groups in total. The standard InChI is InChI=1S/C13H10ClFN2O/c1-8-2-4-11(15)10(6-8)13(18)17-12-5-3-9(14)7-16-12/h2-7H,1H3,(H,16,17,18). The van der Waals surface area contributed by atoms with E-state index in [1.54, 1.807) is 25.1 Å². The van der Waals surface area contributed by atoms with Crippen molar-refractivity contribution in [2.24, 2.45) is 0 Å². The molecule has 5 heteroatoms. The van der Waals surface area contributed by atoms with Crippen molar-refractivity contribution in [2.45, 2.75) is 6.92 Å². The Bertz CT molecular complexity index is 584. The number of aromatic nitrogens is 1. The zero-order valence-corrected chi connectivity index (χ0v) is 10.3. The predicted octanol–water partition coefficient (Wildman–Crippen LogP) is 3.43. The Kier molecular flexibility index (Phi) is 3.58. The van der Waals surface area contributed by atoms with Crippen LogP contribution in [0.4, 0.5) is 10.2 Å². The van der Waals surface area contributed by atoms with Crippen molar-refractivity contribution in [1.82, 2.24) is 4.98 Å². The normalized spacial score (nSPS) is 10.2. The molecule has 0 aliphatic heterocycles. The van der Waals surface area contributed by atoms with Crippen molar-refractivity contribution in [3.05, 3.63) is 58.5 Å². The monoisotopic (exact) mass is 264 g/mol. The number of nitrogens with zero attached hydrogens (tertiary/aromatic N) is 1. The summed E-state index contributed by atoms with van der Waals surface area (Å²) in [5.74, 6) is -0.775. The number of hydrogen-bond acceptors (Lipinski definition) is 2. The van der Waals surface area contributed by atoms with Crippen LogP contribution in [0.15, 0.2) is 36.5 Å². The first-order chi connectivity index (χ1) is 8.56. The van der Waals surface area contributed by atoms with E-state index >= 15 is 0 Å². The summed E-state index contributed by atoms with van der Waals surface area (Å²) in [6, 6.07) is 7.50. The Balaban J connectivity index is 2.21. The number of hydrogen-bond donors (Lipinski definition) is 1. The van der Waals surface area contributed by atoms with Crippen molar-refractivity contribution in [3.63, 3.8) is 0 Å². The molecule has 3 nitrogen and oxygen atoms in total. The highest BCUT2D eigenvalue weighted by Crippen LogP contribution is 2.14. The van der Waals surface area contributed by atoms with Gasteiger partial charge in [-0.15, -0.1) is 0 Å². The second-order valence-corrected chi connectivity index (χ2v) is 4.24. The Labute approximate surface area is 109 Å². The number of pyridine rings is 1. The van der Waals surface area contributed by atoms with E-state index in [1.165, 1.54) is 18.3 Å². The summed E-state index contributed by atoms with van der Waals surface area (Å²) in [4.78, 5) is 15.8. The Morgan fingerprint density at radius 3 is 2.78 bits per heavy atom. The molecule has 0 aliphatic rings. The third-order valence-electron chi connectivity index (χ3n) is 2.34. The molecule has 0 fully saturated rings. The van der Waals surface area contributed by atoms with Gasteiger partial charge in [-0.05, 0) is 31.2 Å². The fourth-order valence-corrected chi connectivity index (χ4v) is 1.56. The highest BCUT2D eigenvalue weighted by molar-refractivity contribution is 6.30. The van der Waals surface area contributed by atoms with Gasteiger partial charge in [-0.1, -0.05) is 23.2 Å². The summed E-state index contributed by atoms with van der Waals surface area (Å²) in [5, 5.41) is 2.97. The van der Waals surface area contributed by atoms with E-state index in [2.05, 4.69) is 10.3 Å². The van der Waals surface area contributed by atoms with Crippen molar-refractivity contribution in [1.29, 1.82) is 0 Å². The van der Waals surface area contributed by atoms with Gasteiger partial charge in [0.2, 0.25) is 0 Å². The average Bonchev–Trinajstić information content (AvgIpc) is 2.35. The molecule has 2 aromatic rings. The summed E-state index contributed by atoms with van der Waals surface area (Å²) >= 11 is 5.68. The van der Waals surface area contributed by atoms with Gasteiger partial charge < -0.3 is 5.32 Å². The summed E-state index contributed by atoms with van der Waals surface area (Å²) in [6.45, 7) is 1.79. The molecule has 0 atom stereocenters. The van der Waals surface area contributed by atoms with Crippen LogP contribution >= 0.6 is 11.6 Å². The van der Waals surface area contributed by atoms with Crippen LogP contribution in [-0.2, 0) is 0 Å². The van der Waals surface area contributed by atoms with Gasteiger partial charge >= 0.3 is 0 Å². The third-order valence-corrected chi connectivity index (χ3v) is 2.56. The Hall–Kier alpha value is -1.94. The molecule has 2 rings (SSSR count). The van der Waals surface area contributed by atoms with E-state index in [4.69, 9.17) is 11.6 Å². The molecule has 1 aromatic carbocycles. The number of aryl methyl sites for hydroxylation is 1. The van der Waals surface area contributed by atoms with E-state index in [-0.39, 0.29) is 5.56 Å². The summed E-state index contributed by atoms with van der Waals surface area (Å²) in [7, 11) is 0. The minimum atomic E-state index is -0.563. The van der Waals surface area contributed by atoms with E-state index in [9.17, 15) is 9.18 Å².